The number of allylic oxidation sites excluding steroid dienone is 7. The predicted molar refractivity (Wildman–Crippen MR) is 203 cm³/mol. The molecule has 0 radical (unpaired) electrons. The third-order valence-corrected chi connectivity index (χ3v) is 9.19. The van der Waals surface area contributed by atoms with E-state index in [0.29, 0.717) is 12.8 Å². The number of unbranched alkanes of at least 4 members (excludes halogenated alkanes) is 5. The maximum absolute atomic E-state index is 12.6. The highest BCUT2D eigenvalue weighted by molar-refractivity contribution is 7.47. The molecule has 0 aliphatic carbocycles. The van der Waals surface area contributed by atoms with Gasteiger partial charge in [-0.05, 0) is 57.3 Å². The second-order valence-electron chi connectivity index (χ2n) is 13.1. The zero-order valence-corrected chi connectivity index (χ0v) is 32.8. The van der Waals surface area contributed by atoms with E-state index < -0.39 is 70.6 Å². The van der Waals surface area contributed by atoms with E-state index in [-0.39, 0.29) is 32.1 Å². The van der Waals surface area contributed by atoms with Crippen molar-refractivity contribution in [3.05, 3.63) is 48.6 Å². The molecule has 0 heterocycles. The van der Waals surface area contributed by atoms with Gasteiger partial charge in [-0.25, -0.2) is 4.57 Å². The van der Waals surface area contributed by atoms with Gasteiger partial charge in [0.25, 0.3) is 0 Å². The topological polar surface area (TPSA) is 189 Å². The van der Waals surface area contributed by atoms with E-state index in [4.69, 9.17) is 19.1 Å². The molecule has 0 saturated carbocycles. The Labute approximate surface area is 312 Å². The van der Waals surface area contributed by atoms with Crippen LogP contribution in [0.4, 0.5) is 0 Å². The Morgan fingerprint density at radius 2 is 1.23 bits per heavy atom. The maximum Gasteiger partial charge on any atom is 0.472 e. The number of phosphoric ester groups is 1. The second kappa shape index (κ2) is 33.4. The SMILES string of the molecule is CC/C=C\C/C=C\C/C=C\C/C=C\C[C@@H](O)[C@H](O)CCCC(=O)O[C@H](COC(=O)CCCCCCCCC(C)CC)COP(=O)(O)OC[C@@H](O)CO. The number of hydrogen-bond donors (Lipinski definition) is 5. The number of ether oxygens (including phenoxy) is 2. The van der Waals surface area contributed by atoms with Crippen molar-refractivity contribution in [1.82, 2.24) is 0 Å². The third kappa shape index (κ3) is 31.4. The summed E-state index contributed by atoms with van der Waals surface area (Å²) in [6.07, 6.45) is 24.2. The molecule has 12 nitrogen and oxygen atoms in total. The molecule has 0 bridgehead atoms. The van der Waals surface area contributed by atoms with Crippen LogP contribution in [0.3, 0.4) is 0 Å². The van der Waals surface area contributed by atoms with Crippen molar-refractivity contribution in [1.29, 1.82) is 0 Å². The molecule has 0 aromatic carbocycles. The number of rotatable bonds is 34. The third-order valence-electron chi connectivity index (χ3n) is 8.24. The van der Waals surface area contributed by atoms with Gasteiger partial charge in [-0.15, -0.1) is 0 Å². The fourth-order valence-electron chi connectivity index (χ4n) is 4.76. The lowest BCUT2D eigenvalue weighted by Crippen LogP contribution is -2.30. The maximum atomic E-state index is 12.6. The number of aliphatic hydroxyl groups excluding tert-OH is 4. The van der Waals surface area contributed by atoms with Crippen molar-refractivity contribution in [2.24, 2.45) is 5.92 Å². The van der Waals surface area contributed by atoms with E-state index in [9.17, 15) is 34.4 Å². The van der Waals surface area contributed by atoms with Crippen molar-refractivity contribution in [3.63, 3.8) is 0 Å². The summed E-state index contributed by atoms with van der Waals surface area (Å²) in [4.78, 5) is 34.8. The van der Waals surface area contributed by atoms with E-state index >= 15 is 0 Å². The molecule has 52 heavy (non-hydrogen) atoms. The van der Waals surface area contributed by atoms with Crippen LogP contribution in [0.15, 0.2) is 48.6 Å². The quantitative estimate of drug-likeness (QED) is 0.0193. The second-order valence-corrected chi connectivity index (χ2v) is 14.6. The largest absolute Gasteiger partial charge is 0.472 e. The van der Waals surface area contributed by atoms with Gasteiger partial charge in [0.15, 0.2) is 6.10 Å². The molecule has 0 aromatic rings. The summed E-state index contributed by atoms with van der Waals surface area (Å²) >= 11 is 0. The lowest BCUT2D eigenvalue weighted by atomic mass is 10.00. The van der Waals surface area contributed by atoms with Crippen LogP contribution in [-0.2, 0) is 32.7 Å². The summed E-state index contributed by atoms with van der Waals surface area (Å²) in [6, 6.07) is 0. The van der Waals surface area contributed by atoms with Gasteiger partial charge in [-0.2, -0.15) is 0 Å². The first-order chi connectivity index (χ1) is 24.9. The van der Waals surface area contributed by atoms with Gasteiger partial charge >= 0.3 is 19.8 Å². The van der Waals surface area contributed by atoms with E-state index in [1.54, 1.807) is 6.08 Å². The first kappa shape index (κ1) is 49.9. The minimum Gasteiger partial charge on any atom is -0.462 e. The van der Waals surface area contributed by atoms with Crippen LogP contribution < -0.4 is 0 Å². The average molecular weight is 761 g/mol. The normalized spacial score (nSPS) is 16.4. The average Bonchev–Trinajstić information content (AvgIpc) is 3.12. The zero-order chi connectivity index (χ0) is 38.9. The Hall–Kier alpha value is -2.15. The fraction of sp³-hybridized carbons (Fsp3) is 0.744. The summed E-state index contributed by atoms with van der Waals surface area (Å²) in [5.74, 6) is -0.473. The smallest absolute Gasteiger partial charge is 0.462 e. The van der Waals surface area contributed by atoms with E-state index in [2.05, 4.69) is 55.7 Å². The summed E-state index contributed by atoms with van der Waals surface area (Å²) in [7, 11) is -4.69. The molecule has 0 aliphatic rings. The lowest BCUT2D eigenvalue weighted by Gasteiger charge is -2.20. The van der Waals surface area contributed by atoms with Crippen LogP contribution in [0.1, 0.15) is 130 Å². The van der Waals surface area contributed by atoms with Crippen LogP contribution in [0.2, 0.25) is 0 Å². The van der Waals surface area contributed by atoms with Crippen LogP contribution in [0.5, 0.6) is 0 Å². The van der Waals surface area contributed by atoms with Crippen LogP contribution in [-0.4, -0.2) is 88.1 Å². The molecule has 2 unspecified atom stereocenters. The number of esters is 2. The van der Waals surface area contributed by atoms with Gasteiger partial charge in [-0.3, -0.25) is 18.6 Å². The summed E-state index contributed by atoms with van der Waals surface area (Å²) in [5, 5.41) is 38.9. The molecular formula is C39H69O12P. The van der Waals surface area contributed by atoms with Crippen LogP contribution in [0, 0.1) is 5.92 Å². The van der Waals surface area contributed by atoms with Crippen molar-refractivity contribution in [2.75, 3.05) is 26.4 Å². The van der Waals surface area contributed by atoms with Gasteiger partial charge < -0.3 is 34.8 Å². The number of hydrogen-bond acceptors (Lipinski definition) is 11. The number of aliphatic hydroxyl groups is 4. The molecule has 0 fully saturated rings. The monoisotopic (exact) mass is 760 g/mol. The van der Waals surface area contributed by atoms with Crippen molar-refractivity contribution < 1.29 is 58.0 Å². The Kier molecular flexibility index (Phi) is 32.0. The molecule has 5 N–H and O–H groups in total. The molecule has 0 spiro atoms. The lowest BCUT2D eigenvalue weighted by molar-refractivity contribution is -0.161. The van der Waals surface area contributed by atoms with Crippen molar-refractivity contribution in [3.8, 4) is 0 Å². The molecule has 302 valence electrons. The Morgan fingerprint density at radius 3 is 1.85 bits per heavy atom. The highest BCUT2D eigenvalue weighted by Gasteiger charge is 2.27. The fourth-order valence-corrected chi connectivity index (χ4v) is 5.55. The molecule has 0 aromatic heterocycles. The summed E-state index contributed by atoms with van der Waals surface area (Å²) in [6.45, 7) is 4.14. The van der Waals surface area contributed by atoms with Gasteiger partial charge in [0, 0.05) is 12.8 Å². The summed E-state index contributed by atoms with van der Waals surface area (Å²) in [5.41, 5.74) is 0. The molecule has 6 atom stereocenters. The van der Waals surface area contributed by atoms with Gasteiger partial charge in [0.2, 0.25) is 0 Å². The molecule has 13 heteroatoms. The highest BCUT2D eigenvalue weighted by atomic mass is 31.2. The van der Waals surface area contributed by atoms with Crippen molar-refractivity contribution >= 4 is 19.8 Å². The number of carbonyl (C=O) groups excluding carboxylic acids is 2. The Bertz CT molecular complexity index is 1060. The minimum absolute atomic E-state index is 0.130. The highest BCUT2D eigenvalue weighted by Crippen LogP contribution is 2.43. The van der Waals surface area contributed by atoms with E-state index in [0.717, 1.165) is 44.4 Å². The Balaban J connectivity index is 4.66. The first-order valence-electron chi connectivity index (χ1n) is 19.2. The predicted octanol–water partition coefficient (Wildman–Crippen LogP) is 7.18. The molecule has 0 amide bonds. The van der Waals surface area contributed by atoms with Gasteiger partial charge in [-0.1, -0.05) is 114 Å². The minimum atomic E-state index is -4.69. The van der Waals surface area contributed by atoms with Crippen LogP contribution >= 0.6 is 7.82 Å². The molecule has 0 rings (SSSR count). The standard InChI is InChI=1S/C39H69O12P/c1-4-6-7-8-9-10-11-12-13-14-18-21-25-36(42)37(43)26-23-28-39(45)51-35(32-50-52(46,47)49-30-34(41)29-40)31-48-38(44)27-22-19-16-15-17-20-24-33(3)5-2/h6-7,9-10,12-13,18,21,33-37,40-43H,4-5,8,11,14-17,19-20,22-32H2,1-3H3,(H,46,47)/b7-6-,10-9-,13-12-,21-18-/t33?,34-,35+,36+,37+/m0/s1. The molecule has 0 saturated heterocycles. The summed E-state index contributed by atoms with van der Waals surface area (Å²) < 4.78 is 32.4. The Morgan fingerprint density at radius 1 is 0.673 bits per heavy atom. The van der Waals surface area contributed by atoms with E-state index in [1.807, 2.05) is 12.2 Å². The molecule has 0 aliphatic heterocycles. The van der Waals surface area contributed by atoms with Gasteiger partial charge in [0.05, 0.1) is 32.0 Å². The number of carbonyl (C=O) groups is 2. The first-order valence-corrected chi connectivity index (χ1v) is 20.6. The van der Waals surface area contributed by atoms with Crippen molar-refractivity contribution in [2.45, 2.75) is 154 Å². The zero-order valence-electron chi connectivity index (χ0n) is 31.9. The van der Waals surface area contributed by atoms with Gasteiger partial charge in [0.1, 0.15) is 12.7 Å². The van der Waals surface area contributed by atoms with Crippen LogP contribution in [0.25, 0.3) is 0 Å². The molecular weight excluding hydrogens is 691 g/mol. The number of phosphoric acid groups is 1. The van der Waals surface area contributed by atoms with E-state index in [1.165, 1.54) is 25.7 Å².